The lowest BCUT2D eigenvalue weighted by Gasteiger charge is -2.28. The second kappa shape index (κ2) is 7.71. The van der Waals surface area contributed by atoms with Crippen LogP contribution in [0.25, 0.3) is 11.1 Å². The Kier molecular flexibility index (Phi) is 4.92. The van der Waals surface area contributed by atoms with Crippen LogP contribution in [0.3, 0.4) is 0 Å². The van der Waals surface area contributed by atoms with Gasteiger partial charge in [-0.1, -0.05) is 36.8 Å². The molecule has 2 saturated heterocycles. The maximum Gasteiger partial charge on any atom is 0.231 e. The molecule has 5 heteroatoms. The minimum absolute atomic E-state index is 0.122. The molecule has 0 bridgehead atoms. The molecule has 2 aromatic carbocycles. The SMILES string of the molecule is CN1C(=O)[C@@H](CN2CCCCC2)C[C@H]1c1ccc(-c2ccc3c(c2)OCO3)cc1. The number of likely N-dealkylation sites (tertiary alicyclic amines) is 2. The van der Waals surface area contributed by atoms with Crippen molar-refractivity contribution < 1.29 is 14.3 Å². The van der Waals surface area contributed by atoms with Gasteiger partial charge in [-0.2, -0.15) is 0 Å². The first-order chi connectivity index (χ1) is 14.2. The number of piperidine rings is 1. The summed E-state index contributed by atoms with van der Waals surface area (Å²) in [5.74, 6) is 2.02. The number of carbonyl (C=O) groups is 1. The molecule has 2 fully saturated rings. The third-order valence-electron chi connectivity index (χ3n) is 6.60. The third-order valence-corrected chi connectivity index (χ3v) is 6.60. The van der Waals surface area contributed by atoms with Gasteiger partial charge in [0.25, 0.3) is 0 Å². The van der Waals surface area contributed by atoms with Crippen molar-refractivity contribution >= 4 is 5.91 Å². The van der Waals surface area contributed by atoms with Gasteiger partial charge >= 0.3 is 0 Å². The molecular formula is C24H28N2O3. The first-order valence-corrected chi connectivity index (χ1v) is 10.7. The van der Waals surface area contributed by atoms with Gasteiger partial charge in [-0.3, -0.25) is 4.79 Å². The van der Waals surface area contributed by atoms with Crippen molar-refractivity contribution in [1.82, 2.24) is 9.80 Å². The molecule has 3 aliphatic rings. The Balaban J connectivity index is 1.30. The van der Waals surface area contributed by atoms with Gasteiger partial charge in [0, 0.05) is 13.6 Å². The van der Waals surface area contributed by atoms with Crippen molar-refractivity contribution in [3.8, 4) is 22.6 Å². The van der Waals surface area contributed by atoms with Crippen molar-refractivity contribution in [1.29, 1.82) is 0 Å². The fourth-order valence-corrected chi connectivity index (χ4v) is 4.91. The first-order valence-electron chi connectivity index (χ1n) is 10.7. The Bertz CT molecular complexity index is 889. The molecule has 3 aliphatic heterocycles. The lowest BCUT2D eigenvalue weighted by molar-refractivity contribution is -0.131. The van der Waals surface area contributed by atoms with Gasteiger partial charge in [-0.05, 0) is 61.2 Å². The van der Waals surface area contributed by atoms with Gasteiger partial charge < -0.3 is 19.3 Å². The maximum absolute atomic E-state index is 12.8. The number of ether oxygens (including phenoxy) is 2. The highest BCUT2D eigenvalue weighted by molar-refractivity contribution is 5.82. The first kappa shape index (κ1) is 18.5. The lowest BCUT2D eigenvalue weighted by atomic mass is 9.96. The zero-order valence-electron chi connectivity index (χ0n) is 17.0. The summed E-state index contributed by atoms with van der Waals surface area (Å²) in [5.41, 5.74) is 3.47. The Morgan fingerprint density at radius 3 is 2.45 bits per heavy atom. The van der Waals surface area contributed by atoms with Crippen LogP contribution in [0, 0.1) is 5.92 Å². The molecule has 152 valence electrons. The van der Waals surface area contributed by atoms with Gasteiger partial charge in [0.05, 0.1) is 12.0 Å². The van der Waals surface area contributed by atoms with Crippen LogP contribution < -0.4 is 9.47 Å². The van der Waals surface area contributed by atoms with Gasteiger partial charge in [0.1, 0.15) is 0 Å². The van der Waals surface area contributed by atoms with Crippen LogP contribution in [0.4, 0.5) is 0 Å². The topological polar surface area (TPSA) is 42.0 Å². The predicted octanol–water partition coefficient (Wildman–Crippen LogP) is 4.09. The van der Waals surface area contributed by atoms with Crippen LogP contribution >= 0.6 is 0 Å². The highest BCUT2D eigenvalue weighted by atomic mass is 16.7. The van der Waals surface area contributed by atoms with Gasteiger partial charge in [-0.15, -0.1) is 0 Å². The minimum atomic E-state index is 0.122. The Morgan fingerprint density at radius 1 is 0.931 bits per heavy atom. The van der Waals surface area contributed by atoms with Gasteiger partial charge in [0.2, 0.25) is 12.7 Å². The molecule has 0 N–H and O–H groups in total. The maximum atomic E-state index is 12.8. The van der Waals surface area contributed by atoms with Crippen molar-refractivity contribution in [3.05, 3.63) is 48.0 Å². The zero-order valence-corrected chi connectivity index (χ0v) is 17.0. The zero-order chi connectivity index (χ0) is 19.8. The standard InChI is InChI=1S/C24H28N2O3/c1-25-21(13-20(24(25)27)15-26-11-3-2-4-12-26)18-7-5-17(6-8-18)19-9-10-22-23(14-19)29-16-28-22/h5-10,14,20-21H,2-4,11-13,15-16H2,1H3/t20-,21+/m1/s1. The predicted molar refractivity (Wildman–Crippen MR) is 112 cm³/mol. The Hall–Kier alpha value is -2.53. The van der Waals surface area contributed by atoms with Crippen molar-refractivity contribution in [2.45, 2.75) is 31.7 Å². The van der Waals surface area contributed by atoms with E-state index in [0.29, 0.717) is 12.7 Å². The summed E-state index contributed by atoms with van der Waals surface area (Å²) in [7, 11) is 1.95. The molecule has 2 aromatic rings. The fourth-order valence-electron chi connectivity index (χ4n) is 4.91. The number of fused-ring (bicyclic) bond motifs is 1. The molecule has 5 rings (SSSR count). The van der Waals surface area contributed by atoms with Crippen molar-refractivity contribution in [2.24, 2.45) is 5.92 Å². The molecule has 1 amide bonds. The van der Waals surface area contributed by atoms with E-state index < -0.39 is 0 Å². The molecular weight excluding hydrogens is 364 g/mol. The highest BCUT2D eigenvalue weighted by Crippen LogP contribution is 2.38. The lowest BCUT2D eigenvalue weighted by Crippen LogP contribution is -2.36. The van der Waals surface area contributed by atoms with E-state index >= 15 is 0 Å². The Labute approximate surface area is 172 Å². The Morgan fingerprint density at radius 2 is 1.66 bits per heavy atom. The van der Waals surface area contributed by atoms with Crippen LogP contribution in [0.15, 0.2) is 42.5 Å². The van der Waals surface area contributed by atoms with Crippen LogP contribution in [0.2, 0.25) is 0 Å². The number of hydrogen-bond acceptors (Lipinski definition) is 4. The summed E-state index contributed by atoms with van der Waals surface area (Å²) in [6.07, 6.45) is 4.77. The van der Waals surface area contributed by atoms with E-state index in [-0.39, 0.29) is 12.0 Å². The number of hydrogen-bond donors (Lipinski definition) is 0. The summed E-state index contributed by atoms with van der Waals surface area (Å²) in [4.78, 5) is 17.3. The van der Waals surface area contributed by atoms with Crippen LogP contribution in [0.1, 0.15) is 37.3 Å². The monoisotopic (exact) mass is 392 g/mol. The van der Waals surface area contributed by atoms with E-state index in [1.165, 1.54) is 24.8 Å². The number of rotatable bonds is 4. The summed E-state index contributed by atoms with van der Waals surface area (Å²) >= 11 is 0. The van der Waals surface area contributed by atoms with E-state index in [2.05, 4.69) is 35.2 Å². The summed E-state index contributed by atoms with van der Waals surface area (Å²) < 4.78 is 10.9. The van der Waals surface area contributed by atoms with Crippen LogP contribution in [0.5, 0.6) is 11.5 Å². The van der Waals surface area contributed by atoms with E-state index in [1.54, 1.807) is 0 Å². The molecule has 0 radical (unpaired) electrons. The van der Waals surface area contributed by atoms with E-state index in [9.17, 15) is 4.79 Å². The average Bonchev–Trinajstić information content (AvgIpc) is 3.34. The van der Waals surface area contributed by atoms with Crippen LogP contribution in [-0.4, -0.2) is 49.2 Å². The van der Waals surface area contributed by atoms with Gasteiger partial charge in [0.15, 0.2) is 11.5 Å². The molecule has 0 saturated carbocycles. The normalized spacial score (nSPS) is 24.3. The molecule has 0 aliphatic carbocycles. The molecule has 0 aromatic heterocycles. The minimum Gasteiger partial charge on any atom is -0.454 e. The molecule has 0 spiro atoms. The van der Waals surface area contributed by atoms with E-state index in [1.807, 2.05) is 24.1 Å². The fraction of sp³-hybridized carbons (Fsp3) is 0.458. The van der Waals surface area contributed by atoms with Crippen LogP contribution in [-0.2, 0) is 4.79 Å². The summed E-state index contributed by atoms with van der Waals surface area (Å²) in [6.45, 7) is 3.48. The number of benzene rings is 2. The largest absolute Gasteiger partial charge is 0.454 e. The van der Waals surface area contributed by atoms with Crippen molar-refractivity contribution in [3.63, 3.8) is 0 Å². The molecule has 5 nitrogen and oxygen atoms in total. The smallest absolute Gasteiger partial charge is 0.231 e. The quantitative estimate of drug-likeness (QED) is 0.786. The van der Waals surface area contributed by atoms with Crippen molar-refractivity contribution in [2.75, 3.05) is 33.5 Å². The molecule has 0 unspecified atom stereocenters. The average molecular weight is 392 g/mol. The van der Waals surface area contributed by atoms with Gasteiger partial charge in [-0.25, -0.2) is 0 Å². The number of nitrogens with zero attached hydrogens (tertiary/aromatic N) is 2. The molecule has 3 heterocycles. The third kappa shape index (κ3) is 3.60. The summed E-state index contributed by atoms with van der Waals surface area (Å²) in [6, 6.07) is 14.8. The molecule has 2 atom stereocenters. The van der Waals surface area contributed by atoms with E-state index in [0.717, 1.165) is 48.7 Å². The van der Waals surface area contributed by atoms with E-state index in [4.69, 9.17) is 9.47 Å². The second-order valence-corrected chi connectivity index (χ2v) is 8.45. The molecule has 29 heavy (non-hydrogen) atoms. The number of amides is 1. The second-order valence-electron chi connectivity index (χ2n) is 8.45. The summed E-state index contributed by atoms with van der Waals surface area (Å²) in [5, 5.41) is 0. The number of carbonyl (C=O) groups excluding carboxylic acids is 1. The highest BCUT2D eigenvalue weighted by Gasteiger charge is 2.38.